The summed E-state index contributed by atoms with van der Waals surface area (Å²) in [6.07, 6.45) is 0. The molecule has 1 saturated heterocycles. The summed E-state index contributed by atoms with van der Waals surface area (Å²) in [5.74, 6) is -2.25. The van der Waals surface area contributed by atoms with Crippen molar-refractivity contribution in [2.75, 3.05) is 17.2 Å². The van der Waals surface area contributed by atoms with Crippen LogP contribution in [0.3, 0.4) is 0 Å². The normalized spacial score (nSPS) is 20.1. The number of oxime groups is 1. The molecule has 0 aliphatic carbocycles. The minimum atomic E-state index is -1.46. The molecular weight excluding hydrogens is 521 g/mol. The van der Waals surface area contributed by atoms with Crippen molar-refractivity contribution in [1.82, 2.24) is 25.4 Å². The van der Waals surface area contributed by atoms with E-state index < -0.39 is 34.9 Å². The number of amides is 2. The molecule has 2 aliphatic heterocycles. The van der Waals surface area contributed by atoms with Crippen LogP contribution in [0.4, 0.5) is 5.13 Å². The standard InChI is InChI=1S/C16H15N7O5S4.Na/c1-5-20-21-16(32-5)31-3-6-2-29-13-9(12(25)23(13)10(6)14(26)27)19-11(24)8(22-28)7-4-30-15(17)18-7;/h4,9,13,28H,2-3H2,1H3,(H2,17,18)(H,19,24)(H,26,27);/q;+1/p-1/t9-,13+;/m1./s1. The zero-order valence-electron chi connectivity index (χ0n) is 17.2. The zero-order chi connectivity index (χ0) is 23.0. The molecule has 17 heteroatoms. The molecule has 12 nitrogen and oxygen atoms in total. The van der Waals surface area contributed by atoms with Crippen LogP contribution in [0.2, 0.25) is 0 Å². The Hall–Kier alpha value is -1.69. The first-order valence-corrected chi connectivity index (χ1v) is 12.6. The molecule has 2 aliphatic rings. The second-order valence-electron chi connectivity index (χ2n) is 6.50. The van der Waals surface area contributed by atoms with Crippen molar-refractivity contribution in [2.45, 2.75) is 22.7 Å². The van der Waals surface area contributed by atoms with E-state index >= 15 is 0 Å². The van der Waals surface area contributed by atoms with E-state index in [4.69, 9.17) is 5.73 Å². The van der Waals surface area contributed by atoms with Crippen LogP contribution in [0.15, 0.2) is 26.1 Å². The van der Waals surface area contributed by atoms with Crippen LogP contribution < -0.4 is 45.7 Å². The van der Waals surface area contributed by atoms with E-state index in [1.165, 1.54) is 40.2 Å². The van der Waals surface area contributed by atoms with Crippen molar-refractivity contribution in [3.63, 3.8) is 0 Å². The number of anilines is 1. The number of β-lactam (4-membered cyclic amide) rings is 1. The SMILES string of the molecule is Cc1nnc(SCC2=C(C(=O)[O-])N3C(=O)[C@@H](NC(=O)C(=NO)c4csc(N)n4)[C@@H]3SC2)s1.[Na+]. The first-order valence-electron chi connectivity index (χ1n) is 8.85. The van der Waals surface area contributed by atoms with Crippen LogP contribution in [-0.4, -0.2) is 71.7 Å². The summed E-state index contributed by atoms with van der Waals surface area (Å²) < 4.78 is 0.693. The van der Waals surface area contributed by atoms with Crippen LogP contribution >= 0.6 is 46.2 Å². The van der Waals surface area contributed by atoms with Gasteiger partial charge in [-0.3, -0.25) is 14.5 Å². The number of rotatable bonds is 7. The number of thiazole rings is 1. The Kier molecular flexibility index (Phi) is 8.41. The predicted octanol–water partition coefficient (Wildman–Crippen LogP) is -3.74. The largest absolute Gasteiger partial charge is 1.00 e. The predicted molar refractivity (Wildman–Crippen MR) is 117 cm³/mol. The molecule has 168 valence electrons. The number of hydrogen-bond donors (Lipinski definition) is 3. The number of fused-ring (bicyclic) bond motifs is 1. The average molecular weight is 536 g/mol. The quantitative estimate of drug-likeness (QED) is 0.0790. The van der Waals surface area contributed by atoms with E-state index in [2.05, 4.69) is 25.7 Å². The second kappa shape index (κ2) is 10.7. The summed E-state index contributed by atoms with van der Waals surface area (Å²) in [5.41, 5.74) is 5.54. The van der Waals surface area contributed by atoms with Crippen LogP contribution in [-0.2, 0) is 14.4 Å². The van der Waals surface area contributed by atoms with Gasteiger partial charge in [0, 0.05) is 16.9 Å². The Morgan fingerprint density at radius 2 is 2.21 bits per heavy atom. The summed E-state index contributed by atoms with van der Waals surface area (Å²) in [5, 5.41) is 36.2. The number of aryl methyl sites for hydroxylation is 1. The molecular formula is C16H14N7NaO5S4. The second-order valence-corrected chi connectivity index (χ2v) is 10.9. The van der Waals surface area contributed by atoms with E-state index in [-0.39, 0.29) is 46.1 Å². The fourth-order valence-corrected chi connectivity index (χ4v) is 6.94. The van der Waals surface area contributed by atoms with Gasteiger partial charge in [0.15, 0.2) is 15.2 Å². The number of carboxylic acids is 1. The van der Waals surface area contributed by atoms with Crippen LogP contribution in [0.1, 0.15) is 10.7 Å². The third-order valence-electron chi connectivity index (χ3n) is 4.48. The summed E-state index contributed by atoms with van der Waals surface area (Å²) in [6.45, 7) is 1.82. The number of hydrogen-bond acceptors (Lipinski definition) is 14. The smallest absolute Gasteiger partial charge is 0.543 e. The first kappa shape index (κ1) is 25.9. The minimum absolute atomic E-state index is 0. The van der Waals surface area contributed by atoms with E-state index in [9.17, 15) is 24.7 Å². The number of nitrogens with two attached hydrogens (primary N) is 1. The molecule has 4 N–H and O–H groups in total. The number of nitrogens with one attached hydrogen (secondary N) is 1. The Morgan fingerprint density at radius 1 is 1.45 bits per heavy atom. The number of nitrogens with zero attached hydrogens (tertiary/aromatic N) is 5. The fraction of sp³-hybridized carbons (Fsp3) is 0.312. The molecule has 0 aromatic carbocycles. The van der Waals surface area contributed by atoms with Gasteiger partial charge in [0.1, 0.15) is 22.1 Å². The topological polar surface area (TPSA) is 187 Å². The number of aromatic nitrogens is 3. The number of carbonyl (C=O) groups is 3. The molecule has 2 aromatic rings. The summed E-state index contributed by atoms with van der Waals surface area (Å²) in [7, 11) is 0. The molecule has 2 aromatic heterocycles. The van der Waals surface area contributed by atoms with Gasteiger partial charge in [-0.25, -0.2) is 4.98 Å². The van der Waals surface area contributed by atoms with Gasteiger partial charge in [-0.15, -0.1) is 33.3 Å². The van der Waals surface area contributed by atoms with Gasteiger partial charge in [0.05, 0.1) is 11.7 Å². The fourth-order valence-electron chi connectivity index (χ4n) is 3.09. The molecule has 0 saturated carbocycles. The molecule has 4 rings (SSSR count). The number of aliphatic carboxylic acids is 1. The third kappa shape index (κ3) is 5.21. The Morgan fingerprint density at radius 3 is 2.79 bits per heavy atom. The van der Waals surface area contributed by atoms with Gasteiger partial charge in [-0.1, -0.05) is 28.3 Å². The van der Waals surface area contributed by atoms with E-state index in [1.54, 1.807) is 0 Å². The van der Waals surface area contributed by atoms with Crippen molar-refractivity contribution in [1.29, 1.82) is 0 Å². The minimum Gasteiger partial charge on any atom is -0.543 e. The monoisotopic (exact) mass is 535 g/mol. The maximum atomic E-state index is 12.7. The van der Waals surface area contributed by atoms with Crippen molar-refractivity contribution in [3.05, 3.63) is 27.4 Å². The molecule has 1 fully saturated rings. The molecule has 2 atom stereocenters. The Labute approximate surface area is 225 Å². The van der Waals surface area contributed by atoms with Crippen LogP contribution in [0, 0.1) is 6.92 Å². The molecule has 0 bridgehead atoms. The molecule has 4 heterocycles. The van der Waals surface area contributed by atoms with E-state index in [0.717, 1.165) is 21.2 Å². The summed E-state index contributed by atoms with van der Waals surface area (Å²) in [6, 6.07) is -0.991. The summed E-state index contributed by atoms with van der Waals surface area (Å²) >= 11 is 5.09. The van der Waals surface area contributed by atoms with Gasteiger partial charge in [0.2, 0.25) is 0 Å². The van der Waals surface area contributed by atoms with Gasteiger partial charge < -0.3 is 26.2 Å². The molecule has 2 amide bonds. The average Bonchev–Trinajstić information content (AvgIpc) is 3.38. The molecule has 0 radical (unpaired) electrons. The van der Waals surface area contributed by atoms with Crippen molar-refractivity contribution in [3.8, 4) is 0 Å². The van der Waals surface area contributed by atoms with Crippen molar-refractivity contribution >= 4 is 74.8 Å². The van der Waals surface area contributed by atoms with Crippen molar-refractivity contribution < 1.29 is 54.3 Å². The number of thioether (sulfide) groups is 2. The van der Waals surface area contributed by atoms with Gasteiger partial charge in [-0.05, 0) is 12.5 Å². The maximum Gasteiger partial charge on any atom is 1.00 e. The zero-order valence-corrected chi connectivity index (χ0v) is 22.4. The van der Waals surface area contributed by atoms with Crippen LogP contribution in [0.25, 0.3) is 0 Å². The Bertz CT molecular complexity index is 1170. The first-order chi connectivity index (χ1) is 15.3. The van der Waals surface area contributed by atoms with Gasteiger partial charge >= 0.3 is 29.6 Å². The number of carbonyl (C=O) groups excluding carboxylic acids is 3. The Balaban J connectivity index is 0.00000306. The summed E-state index contributed by atoms with van der Waals surface area (Å²) in [4.78, 5) is 42.1. The third-order valence-corrected chi connectivity index (χ3v) is 8.56. The molecule has 0 unspecified atom stereocenters. The number of carboxylic acid groups (broad SMARTS) is 1. The van der Waals surface area contributed by atoms with Crippen molar-refractivity contribution in [2.24, 2.45) is 5.16 Å². The number of nitrogen functional groups attached to an aromatic ring is 1. The molecule has 33 heavy (non-hydrogen) atoms. The van der Waals surface area contributed by atoms with E-state index in [1.807, 2.05) is 6.92 Å². The van der Waals surface area contributed by atoms with Gasteiger partial charge in [0.25, 0.3) is 11.8 Å². The van der Waals surface area contributed by atoms with Crippen LogP contribution in [0.5, 0.6) is 0 Å². The maximum absolute atomic E-state index is 12.7. The molecule has 0 spiro atoms. The van der Waals surface area contributed by atoms with E-state index in [0.29, 0.717) is 21.4 Å². The van der Waals surface area contributed by atoms with Gasteiger partial charge in [-0.2, -0.15) is 0 Å².